The van der Waals surface area contributed by atoms with Gasteiger partial charge >= 0.3 is 5.97 Å². The number of carbonyl (C=O) groups is 3. The first kappa shape index (κ1) is 28.0. The molecular formula is C31H38N2O7. The van der Waals surface area contributed by atoms with Crippen molar-refractivity contribution in [2.45, 2.75) is 58.0 Å². The fourth-order valence-corrected chi connectivity index (χ4v) is 6.12. The van der Waals surface area contributed by atoms with Crippen molar-refractivity contribution < 1.29 is 33.7 Å². The first-order valence-corrected chi connectivity index (χ1v) is 14.2. The maximum atomic E-state index is 11.9. The van der Waals surface area contributed by atoms with E-state index >= 15 is 0 Å². The fraction of sp³-hybridized carbons (Fsp3) is 0.516. The predicted octanol–water partition coefficient (Wildman–Crippen LogP) is 4.22. The van der Waals surface area contributed by atoms with Crippen LogP contribution in [0.25, 0.3) is 0 Å². The van der Waals surface area contributed by atoms with Gasteiger partial charge in [-0.3, -0.25) is 24.2 Å². The van der Waals surface area contributed by atoms with Gasteiger partial charge in [-0.1, -0.05) is 18.2 Å². The van der Waals surface area contributed by atoms with Gasteiger partial charge in [0.1, 0.15) is 12.4 Å². The minimum Gasteiger partial charge on any atom is -0.493 e. The fourth-order valence-electron chi connectivity index (χ4n) is 6.12. The average molecular weight is 551 g/mol. The maximum Gasteiger partial charge on any atom is 0.306 e. The molecule has 2 aliphatic heterocycles. The van der Waals surface area contributed by atoms with Gasteiger partial charge in [-0.2, -0.15) is 0 Å². The molecule has 0 aromatic heterocycles. The zero-order chi connectivity index (χ0) is 28.2. The number of fused-ring (bicyclic) bond motifs is 1. The molecule has 0 radical (unpaired) electrons. The number of hydrogen-bond acceptors (Lipinski definition) is 7. The summed E-state index contributed by atoms with van der Waals surface area (Å²) in [5, 5.41) is 9.52. The number of imide groups is 1. The summed E-state index contributed by atoms with van der Waals surface area (Å²) in [6.07, 6.45) is 3.79. The lowest BCUT2D eigenvalue weighted by Crippen LogP contribution is -2.33. The molecule has 0 unspecified atom stereocenters. The zero-order valence-corrected chi connectivity index (χ0v) is 23.3. The van der Waals surface area contributed by atoms with Gasteiger partial charge in [0.05, 0.1) is 26.2 Å². The van der Waals surface area contributed by atoms with Crippen LogP contribution >= 0.6 is 0 Å². The zero-order valence-electron chi connectivity index (χ0n) is 23.3. The highest BCUT2D eigenvalue weighted by molar-refractivity contribution is 6.01. The summed E-state index contributed by atoms with van der Waals surface area (Å²) < 4.78 is 17.2. The molecule has 2 aromatic rings. The van der Waals surface area contributed by atoms with Gasteiger partial charge in [0.25, 0.3) is 0 Å². The van der Waals surface area contributed by atoms with Crippen molar-refractivity contribution in [1.82, 2.24) is 9.80 Å². The minimum atomic E-state index is -0.695. The number of likely N-dealkylation sites (tertiary alicyclic amines) is 1. The minimum absolute atomic E-state index is 0.118. The Morgan fingerprint density at radius 2 is 1.90 bits per heavy atom. The molecule has 214 valence electrons. The quantitative estimate of drug-likeness (QED) is 0.392. The van der Waals surface area contributed by atoms with Crippen molar-refractivity contribution in [3.8, 4) is 17.2 Å². The smallest absolute Gasteiger partial charge is 0.306 e. The van der Waals surface area contributed by atoms with Gasteiger partial charge < -0.3 is 19.3 Å². The number of nitrogens with zero attached hydrogens (tertiary/aromatic N) is 2. The molecule has 1 saturated carbocycles. The van der Waals surface area contributed by atoms with E-state index in [1.165, 1.54) is 16.0 Å². The van der Waals surface area contributed by atoms with Gasteiger partial charge in [0, 0.05) is 38.4 Å². The topological polar surface area (TPSA) is 106 Å². The molecule has 1 N–H and O–H groups in total. The largest absolute Gasteiger partial charge is 0.493 e. The Morgan fingerprint density at radius 3 is 2.62 bits per heavy atom. The highest BCUT2D eigenvalue weighted by Crippen LogP contribution is 2.36. The predicted molar refractivity (Wildman–Crippen MR) is 147 cm³/mol. The van der Waals surface area contributed by atoms with Gasteiger partial charge in [-0.15, -0.1) is 0 Å². The van der Waals surface area contributed by atoms with Crippen molar-refractivity contribution >= 4 is 17.8 Å². The molecular weight excluding hydrogens is 512 g/mol. The molecule has 2 fully saturated rings. The Balaban J connectivity index is 1.30. The summed E-state index contributed by atoms with van der Waals surface area (Å²) in [6.45, 7) is 4.81. The van der Waals surface area contributed by atoms with E-state index in [2.05, 4.69) is 30.0 Å². The van der Waals surface area contributed by atoms with Gasteiger partial charge in [-0.25, -0.2) is 0 Å². The monoisotopic (exact) mass is 550 g/mol. The summed E-state index contributed by atoms with van der Waals surface area (Å²) in [5.41, 5.74) is 3.50. The molecule has 9 heteroatoms. The van der Waals surface area contributed by atoms with Crippen LogP contribution < -0.4 is 14.2 Å². The van der Waals surface area contributed by atoms with Crippen LogP contribution in [0.15, 0.2) is 36.4 Å². The second-order valence-electron chi connectivity index (χ2n) is 11.1. The lowest BCUT2D eigenvalue weighted by molar-refractivity contribution is -0.142. The van der Waals surface area contributed by atoms with Crippen LogP contribution in [0.3, 0.4) is 0 Å². The molecule has 0 bridgehead atoms. The Labute approximate surface area is 235 Å². The number of hydrogen-bond donors (Lipinski definition) is 1. The standard InChI is InChI=1S/C31H38N2O7/c1-20(23-6-8-26-24(17-23)11-13-39-26)32(18-21-3-5-25(15-21)31(36)37)19-22-4-7-27(28(16-22)38-2)40-14-12-33-29(34)9-10-30(33)35/h4,6-8,16-17,20-21,25H,3,5,9-15,18-19H2,1-2H3,(H,36,37)/t20-,21-,25-/m0/s1. The molecule has 1 aliphatic carbocycles. The molecule has 2 heterocycles. The summed E-state index contributed by atoms with van der Waals surface area (Å²) in [6, 6.07) is 12.4. The molecule has 2 amide bonds. The lowest BCUT2D eigenvalue weighted by atomic mass is 9.99. The third-order valence-corrected chi connectivity index (χ3v) is 8.47. The number of benzene rings is 2. The molecule has 2 aromatic carbocycles. The number of aliphatic carboxylic acids is 1. The number of rotatable bonds is 12. The summed E-state index contributed by atoms with van der Waals surface area (Å²) in [7, 11) is 1.59. The van der Waals surface area contributed by atoms with Crippen molar-refractivity contribution in [2.24, 2.45) is 11.8 Å². The van der Waals surface area contributed by atoms with Crippen LogP contribution in [0.1, 0.15) is 61.8 Å². The van der Waals surface area contributed by atoms with Gasteiger partial charge in [0.2, 0.25) is 11.8 Å². The van der Waals surface area contributed by atoms with E-state index < -0.39 is 5.97 Å². The average Bonchev–Trinajstić information content (AvgIpc) is 3.69. The SMILES string of the molecule is COc1cc(CN(C[C@H]2CC[C@H](C(=O)O)C2)[C@@H](C)c2ccc3c(c2)CCO3)ccc1OCCN1C(=O)CCC1=O. The highest BCUT2D eigenvalue weighted by atomic mass is 16.5. The van der Waals surface area contributed by atoms with Gasteiger partial charge in [-0.05, 0) is 67.0 Å². The van der Waals surface area contributed by atoms with Crippen molar-refractivity contribution in [3.05, 3.63) is 53.1 Å². The number of carboxylic acids is 1. The normalized spacial score (nSPS) is 21.0. The highest BCUT2D eigenvalue weighted by Gasteiger charge is 2.32. The van der Waals surface area contributed by atoms with Crippen LogP contribution in [0, 0.1) is 11.8 Å². The second-order valence-corrected chi connectivity index (χ2v) is 11.1. The van der Waals surface area contributed by atoms with E-state index in [0.717, 1.165) is 37.1 Å². The molecule has 3 atom stereocenters. The Morgan fingerprint density at radius 1 is 1.10 bits per heavy atom. The van der Waals surface area contributed by atoms with Crippen molar-refractivity contribution in [2.75, 3.05) is 33.4 Å². The number of ether oxygens (including phenoxy) is 3. The molecule has 9 nitrogen and oxygen atoms in total. The van der Waals surface area contributed by atoms with E-state index in [0.29, 0.717) is 37.0 Å². The number of methoxy groups -OCH3 is 1. The molecule has 5 rings (SSSR count). The Bertz CT molecular complexity index is 1250. The van der Waals surface area contributed by atoms with E-state index in [9.17, 15) is 19.5 Å². The summed E-state index contributed by atoms with van der Waals surface area (Å²) in [5.74, 6) is 1.16. The third-order valence-electron chi connectivity index (χ3n) is 8.47. The van der Waals surface area contributed by atoms with Crippen molar-refractivity contribution in [3.63, 3.8) is 0 Å². The van der Waals surface area contributed by atoms with Crippen LogP contribution in [0.5, 0.6) is 17.2 Å². The van der Waals surface area contributed by atoms with Crippen LogP contribution in [0.4, 0.5) is 0 Å². The first-order valence-electron chi connectivity index (χ1n) is 14.2. The Kier molecular flexibility index (Phi) is 8.59. The van der Waals surface area contributed by atoms with E-state index in [1.54, 1.807) is 7.11 Å². The molecule has 40 heavy (non-hydrogen) atoms. The van der Waals surface area contributed by atoms with Crippen LogP contribution in [-0.2, 0) is 27.3 Å². The first-order chi connectivity index (χ1) is 19.3. The number of amides is 2. The van der Waals surface area contributed by atoms with Gasteiger partial charge in [0.15, 0.2) is 11.5 Å². The lowest BCUT2D eigenvalue weighted by Gasteiger charge is -2.32. The number of carboxylic acid groups (broad SMARTS) is 1. The molecule has 3 aliphatic rings. The van der Waals surface area contributed by atoms with Crippen molar-refractivity contribution in [1.29, 1.82) is 0 Å². The summed E-state index contributed by atoms with van der Waals surface area (Å²) in [4.78, 5) is 39.0. The third kappa shape index (κ3) is 6.25. The van der Waals surface area contributed by atoms with Crippen LogP contribution in [0.2, 0.25) is 0 Å². The summed E-state index contributed by atoms with van der Waals surface area (Å²) >= 11 is 0. The van der Waals surface area contributed by atoms with E-state index in [-0.39, 0.29) is 49.8 Å². The van der Waals surface area contributed by atoms with Crippen LogP contribution in [-0.4, -0.2) is 66.1 Å². The molecule has 0 spiro atoms. The second kappa shape index (κ2) is 12.3. The maximum absolute atomic E-state index is 11.9. The van der Waals surface area contributed by atoms with E-state index in [4.69, 9.17) is 14.2 Å². The van der Waals surface area contributed by atoms with E-state index in [1.807, 2.05) is 18.2 Å². The number of carbonyl (C=O) groups excluding carboxylic acids is 2. The Hall–Kier alpha value is -3.59. The molecule has 1 saturated heterocycles.